The number of thiol groups is 1. The fourth-order valence-corrected chi connectivity index (χ4v) is 2.48. The Bertz CT molecular complexity index is 408. The molecule has 1 fully saturated rings. The molecule has 1 unspecified atom stereocenters. The van der Waals surface area contributed by atoms with Gasteiger partial charge >= 0.3 is 0 Å². The van der Waals surface area contributed by atoms with Crippen LogP contribution in [-0.4, -0.2) is 37.0 Å². The lowest BCUT2D eigenvalue weighted by atomic mass is 10.1. The highest BCUT2D eigenvalue weighted by Gasteiger charge is 2.20. The summed E-state index contributed by atoms with van der Waals surface area (Å²) in [7, 11) is 2.09. The lowest BCUT2D eigenvalue weighted by Gasteiger charge is -2.30. The van der Waals surface area contributed by atoms with E-state index in [0.717, 1.165) is 30.8 Å². The van der Waals surface area contributed by atoms with Crippen molar-refractivity contribution in [3.05, 3.63) is 29.8 Å². The van der Waals surface area contributed by atoms with E-state index >= 15 is 0 Å². The molecule has 1 aliphatic heterocycles. The monoisotopic (exact) mass is 250 g/mol. The minimum atomic E-state index is -0.0177. The zero-order valence-corrected chi connectivity index (χ0v) is 10.9. The van der Waals surface area contributed by atoms with Gasteiger partial charge in [0.2, 0.25) is 0 Å². The van der Waals surface area contributed by atoms with Crippen molar-refractivity contribution in [1.29, 1.82) is 0 Å². The predicted octanol–water partition coefficient (Wildman–Crippen LogP) is 1.80. The van der Waals surface area contributed by atoms with Gasteiger partial charge in [0, 0.05) is 17.5 Å². The lowest BCUT2D eigenvalue weighted by molar-refractivity contribution is 0.0909. The highest BCUT2D eigenvalue weighted by molar-refractivity contribution is 7.80. The molecular formula is C13H18N2OS. The molecule has 0 radical (unpaired) electrons. The summed E-state index contributed by atoms with van der Waals surface area (Å²) in [6.07, 6.45) is 2.20. The number of carbonyl (C=O) groups excluding carboxylic acids is 1. The molecule has 1 amide bonds. The maximum absolute atomic E-state index is 12.1. The predicted molar refractivity (Wildman–Crippen MR) is 71.7 cm³/mol. The van der Waals surface area contributed by atoms with Gasteiger partial charge in [0.1, 0.15) is 0 Å². The average molecular weight is 250 g/mol. The number of benzene rings is 1. The Morgan fingerprint density at radius 3 is 2.94 bits per heavy atom. The van der Waals surface area contributed by atoms with Crippen molar-refractivity contribution in [1.82, 2.24) is 10.2 Å². The number of hydrogen-bond acceptors (Lipinski definition) is 3. The van der Waals surface area contributed by atoms with Gasteiger partial charge in [-0.25, -0.2) is 0 Å². The summed E-state index contributed by atoms with van der Waals surface area (Å²) >= 11 is 4.30. The van der Waals surface area contributed by atoms with E-state index in [1.807, 2.05) is 24.3 Å². The van der Waals surface area contributed by atoms with Gasteiger partial charge in [0.15, 0.2) is 0 Å². The van der Waals surface area contributed by atoms with E-state index in [4.69, 9.17) is 0 Å². The fourth-order valence-electron chi connectivity index (χ4n) is 2.21. The number of carbonyl (C=O) groups is 1. The standard InChI is InChI=1S/C13H18N2OS/c1-15-8-4-5-10(9-15)14-13(16)11-6-2-3-7-12(11)17/h2-3,6-7,10,17H,4-5,8-9H2,1H3,(H,14,16). The van der Waals surface area contributed by atoms with Gasteiger partial charge in [-0.05, 0) is 38.6 Å². The Labute approximate surface area is 108 Å². The third-order valence-corrected chi connectivity index (χ3v) is 3.50. The molecule has 92 valence electrons. The highest BCUT2D eigenvalue weighted by atomic mass is 32.1. The van der Waals surface area contributed by atoms with Crippen LogP contribution in [0.2, 0.25) is 0 Å². The third kappa shape index (κ3) is 3.23. The topological polar surface area (TPSA) is 32.3 Å². The normalized spacial score (nSPS) is 21.2. The zero-order chi connectivity index (χ0) is 12.3. The van der Waals surface area contributed by atoms with Crippen LogP contribution in [0.5, 0.6) is 0 Å². The summed E-state index contributed by atoms with van der Waals surface area (Å²) in [6, 6.07) is 7.65. The van der Waals surface area contributed by atoms with Gasteiger partial charge in [0.05, 0.1) is 5.56 Å². The van der Waals surface area contributed by atoms with E-state index < -0.39 is 0 Å². The molecule has 0 aliphatic carbocycles. The van der Waals surface area contributed by atoms with Gasteiger partial charge in [-0.3, -0.25) is 4.79 Å². The molecule has 0 aromatic heterocycles. The van der Waals surface area contributed by atoms with E-state index in [2.05, 4.69) is 29.9 Å². The summed E-state index contributed by atoms with van der Waals surface area (Å²) in [4.78, 5) is 15.0. The number of hydrogen-bond donors (Lipinski definition) is 2. The van der Waals surface area contributed by atoms with Gasteiger partial charge < -0.3 is 10.2 Å². The first kappa shape index (κ1) is 12.5. The van der Waals surface area contributed by atoms with Crippen LogP contribution in [0.15, 0.2) is 29.2 Å². The number of likely N-dealkylation sites (N-methyl/N-ethyl adjacent to an activating group) is 1. The Morgan fingerprint density at radius 2 is 2.24 bits per heavy atom. The zero-order valence-electron chi connectivity index (χ0n) is 10.0. The molecule has 1 N–H and O–H groups in total. The molecule has 0 spiro atoms. The Morgan fingerprint density at radius 1 is 1.47 bits per heavy atom. The van der Waals surface area contributed by atoms with Gasteiger partial charge in [-0.1, -0.05) is 12.1 Å². The molecule has 4 heteroatoms. The quantitative estimate of drug-likeness (QED) is 0.785. The fraction of sp³-hybridized carbons (Fsp3) is 0.462. The number of piperidine rings is 1. The third-order valence-electron chi connectivity index (χ3n) is 3.11. The van der Waals surface area contributed by atoms with Crippen LogP contribution in [0.3, 0.4) is 0 Å². The largest absolute Gasteiger partial charge is 0.348 e. The highest BCUT2D eigenvalue weighted by Crippen LogP contribution is 2.14. The molecule has 17 heavy (non-hydrogen) atoms. The molecule has 1 atom stereocenters. The molecular weight excluding hydrogens is 232 g/mol. The second-order valence-electron chi connectivity index (χ2n) is 4.59. The summed E-state index contributed by atoms with van der Waals surface area (Å²) in [5.41, 5.74) is 0.657. The minimum absolute atomic E-state index is 0.0177. The van der Waals surface area contributed by atoms with Crippen LogP contribution >= 0.6 is 12.6 Å². The molecule has 0 saturated carbocycles. The molecule has 1 aliphatic rings. The average Bonchev–Trinajstić information content (AvgIpc) is 2.29. The Kier molecular flexibility index (Phi) is 4.07. The van der Waals surface area contributed by atoms with Crippen molar-refractivity contribution in [2.24, 2.45) is 0 Å². The molecule has 2 rings (SSSR count). The van der Waals surface area contributed by atoms with Gasteiger partial charge in [0.25, 0.3) is 5.91 Å². The van der Waals surface area contributed by atoms with Crippen LogP contribution in [0.1, 0.15) is 23.2 Å². The van der Waals surface area contributed by atoms with Crippen LogP contribution in [-0.2, 0) is 0 Å². The van der Waals surface area contributed by atoms with Crippen molar-refractivity contribution in [2.75, 3.05) is 20.1 Å². The number of nitrogens with zero attached hydrogens (tertiary/aromatic N) is 1. The van der Waals surface area contributed by atoms with Gasteiger partial charge in [-0.15, -0.1) is 12.6 Å². The SMILES string of the molecule is CN1CCCC(NC(=O)c2ccccc2S)C1. The molecule has 1 aromatic carbocycles. The number of rotatable bonds is 2. The summed E-state index contributed by atoms with van der Waals surface area (Å²) < 4.78 is 0. The molecule has 1 heterocycles. The molecule has 0 bridgehead atoms. The van der Waals surface area contributed by atoms with E-state index in [0.29, 0.717) is 5.56 Å². The minimum Gasteiger partial charge on any atom is -0.348 e. The van der Waals surface area contributed by atoms with Crippen molar-refractivity contribution >= 4 is 18.5 Å². The Balaban J connectivity index is 1.99. The number of likely N-dealkylation sites (tertiary alicyclic amines) is 1. The smallest absolute Gasteiger partial charge is 0.252 e. The van der Waals surface area contributed by atoms with Crippen LogP contribution in [0.25, 0.3) is 0 Å². The molecule has 1 saturated heterocycles. The summed E-state index contributed by atoms with van der Waals surface area (Å²) in [6.45, 7) is 2.05. The van der Waals surface area contributed by atoms with E-state index in [-0.39, 0.29) is 11.9 Å². The van der Waals surface area contributed by atoms with E-state index in [9.17, 15) is 4.79 Å². The van der Waals surface area contributed by atoms with Crippen molar-refractivity contribution in [2.45, 2.75) is 23.8 Å². The molecule has 1 aromatic rings. The van der Waals surface area contributed by atoms with Crippen LogP contribution in [0.4, 0.5) is 0 Å². The summed E-state index contributed by atoms with van der Waals surface area (Å²) in [5, 5.41) is 3.08. The second-order valence-corrected chi connectivity index (χ2v) is 5.07. The van der Waals surface area contributed by atoms with Crippen LogP contribution in [0, 0.1) is 0 Å². The first-order valence-electron chi connectivity index (χ1n) is 5.94. The van der Waals surface area contributed by atoms with Crippen LogP contribution < -0.4 is 5.32 Å². The van der Waals surface area contributed by atoms with Gasteiger partial charge in [-0.2, -0.15) is 0 Å². The summed E-state index contributed by atoms with van der Waals surface area (Å²) in [5.74, 6) is -0.0177. The number of amides is 1. The van der Waals surface area contributed by atoms with Crippen molar-refractivity contribution in [3.63, 3.8) is 0 Å². The maximum Gasteiger partial charge on any atom is 0.252 e. The lowest BCUT2D eigenvalue weighted by Crippen LogP contribution is -2.46. The van der Waals surface area contributed by atoms with Crippen molar-refractivity contribution in [3.8, 4) is 0 Å². The van der Waals surface area contributed by atoms with Crippen molar-refractivity contribution < 1.29 is 4.79 Å². The number of nitrogens with one attached hydrogen (secondary N) is 1. The van der Waals surface area contributed by atoms with E-state index in [1.165, 1.54) is 0 Å². The Hall–Kier alpha value is -1.00. The maximum atomic E-state index is 12.1. The second kappa shape index (κ2) is 5.56. The first-order valence-corrected chi connectivity index (χ1v) is 6.39. The first-order chi connectivity index (χ1) is 8.16. The molecule has 3 nitrogen and oxygen atoms in total. The van der Waals surface area contributed by atoms with E-state index in [1.54, 1.807) is 0 Å².